The van der Waals surface area contributed by atoms with Crippen molar-refractivity contribution in [3.63, 3.8) is 0 Å². The molecule has 2 aromatic heterocycles. The van der Waals surface area contributed by atoms with Crippen molar-refractivity contribution in [1.82, 2.24) is 9.55 Å². The summed E-state index contributed by atoms with van der Waals surface area (Å²) in [7, 11) is -2.06. The van der Waals surface area contributed by atoms with E-state index in [0.717, 1.165) is 28.9 Å². The van der Waals surface area contributed by atoms with Crippen LogP contribution in [0.3, 0.4) is 0 Å². The van der Waals surface area contributed by atoms with Gasteiger partial charge in [-0.1, -0.05) is 39.4 Å². The third-order valence-corrected chi connectivity index (χ3v) is 11.6. The minimum absolute atomic E-state index is 0.0921. The van der Waals surface area contributed by atoms with Crippen molar-refractivity contribution in [3.05, 3.63) is 51.3 Å². The van der Waals surface area contributed by atoms with Crippen molar-refractivity contribution in [2.45, 2.75) is 91.0 Å². The van der Waals surface area contributed by atoms with Gasteiger partial charge in [0.1, 0.15) is 12.2 Å². The molecule has 0 saturated carbocycles. The van der Waals surface area contributed by atoms with Gasteiger partial charge in [-0.15, -0.1) is 0 Å². The average Bonchev–Trinajstić information content (AvgIpc) is 3.22. The second-order valence-electron chi connectivity index (χ2n) is 12.4. The molecule has 0 fully saturated rings. The normalized spacial score (nSPS) is 18.1. The maximum Gasteiger partial charge on any atom is 0.412 e. The van der Waals surface area contributed by atoms with E-state index >= 15 is 0 Å². The molecule has 3 aromatic rings. The molecule has 40 heavy (non-hydrogen) atoms. The summed E-state index contributed by atoms with van der Waals surface area (Å²) in [6.45, 7) is 14.1. The fourth-order valence-corrected chi connectivity index (χ4v) is 9.55. The Morgan fingerprint density at radius 2 is 1.93 bits per heavy atom. The van der Waals surface area contributed by atoms with E-state index in [9.17, 15) is 19.5 Å². The first kappa shape index (κ1) is 28.0. The number of hydrogen-bond acceptors (Lipinski definition) is 7. The highest BCUT2D eigenvalue weighted by Gasteiger charge is 2.46. The number of aliphatic hydroxyl groups is 1. The zero-order chi connectivity index (χ0) is 29.2. The molecule has 10 heteroatoms. The summed E-state index contributed by atoms with van der Waals surface area (Å²) in [4.78, 5) is 43.8. The predicted molar refractivity (Wildman–Crippen MR) is 157 cm³/mol. The lowest BCUT2D eigenvalue weighted by molar-refractivity contribution is -0.172. The number of cyclic esters (lactones) is 1. The van der Waals surface area contributed by atoms with Crippen LogP contribution in [0.4, 0.5) is 10.5 Å². The molecule has 0 radical (unpaired) electrons. The Morgan fingerprint density at radius 1 is 1.20 bits per heavy atom. The van der Waals surface area contributed by atoms with Crippen molar-refractivity contribution in [1.29, 1.82) is 0 Å². The smallest absolute Gasteiger partial charge is 0.412 e. The summed E-state index contributed by atoms with van der Waals surface area (Å²) in [5, 5.41) is 16.2. The predicted octanol–water partition coefficient (Wildman–Crippen LogP) is 4.75. The Balaban J connectivity index is 1.73. The number of benzene rings is 1. The van der Waals surface area contributed by atoms with E-state index in [2.05, 4.69) is 25.3 Å². The van der Waals surface area contributed by atoms with Crippen LogP contribution >= 0.6 is 0 Å². The number of anilines is 1. The molecule has 1 aromatic carbocycles. The lowest BCUT2D eigenvalue weighted by Crippen LogP contribution is -2.45. The zero-order valence-electron chi connectivity index (χ0n) is 24.2. The average molecular weight is 564 g/mol. The van der Waals surface area contributed by atoms with Crippen LogP contribution in [0.5, 0.6) is 0 Å². The molecule has 0 spiro atoms. The van der Waals surface area contributed by atoms with Crippen LogP contribution in [0.15, 0.2) is 29.1 Å². The van der Waals surface area contributed by atoms with E-state index in [1.807, 2.05) is 32.9 Å². The van der Waals surface area contributed by atoms with Crippen molar-refractivity contribution in [2.24, 2.45) is 0 Å². The number of rotatable bonds is 5. The summed E-state index contributed by atoms with van der Waals surface area (Å²) in [6.07, 6.45) is 0.574. The number of carbonyl (C=O) groups excluding carboxylic acids is 2. The first-order valence-electron chi connectivity index (χ1n) is 13.8. The molecule has 9 nitrogen and oxygen atoms in total. The number of carbonyl (C=O) groups is 2. The molecular weight excluding hydrogens is 526 g/mol. The van der Waals surface area contributed by atoms with Gasteiger partial charge in [0.2, 0.25) is 0 Å². The lowest BCUT2D eigenvalue weighted by atomic mass is 9.86. The fourth-order valence-electron chi connectivity index (χ4n) is 6.10. The Morgan fingerprint density at radius 3 is 2.58 bits per heavy atom. The number of pyridine rings is 2. The molecule has 0 bridgehead atoms. The van der Waals surface area contributed by atoms with Gasteiger partial charge in [0.15, 0.2) is 5.60 Å². The van der Waals surface area contributed by atoms with Crippen molar-refractivity contribution >= 4 is 41.9 Å². The van der Waals surface area contributed by atoms with Crippen molar-refractivity contribution < 1.29 is 24.2 Å². The van der Waals surface area contributed by atoms with E-state index < -0.39 is 31.3 Å². The van der Waals surface area contributed by atoms with Crippen LogP contribution in [-0.2, 0) is 33.0 Å². The molecule has 0 saturated heterocycles. The van der Waals surface area contributed by atoms with Crippen LogP contribution in [-0.4, -0.2) is 40.4 Å². The number of fused-ring (bicyclic) bond motifs is 5. The van der Waals surface area contributed by atoms with Gasteiger partial charge in [0.25, 0.3) is 5.56 Å². The third kappa shape index (κ3) is 4.52. The van der Waals surface area contributed by atoms with E-state index in [4.69, 9.17) is 14.5 Å². The molecular formula is C30H37N3O6Si. The molecule has 4 heterocycles. The zero-order valence-corrected chi connectivity index (χ0v) is 25.2. The molecule has 5 rings (SSSR count). The Labute approximate surface area is 234 Å². The molecule has 1 atom stereocenters. The van der Waals surface area contributed by atoms with Crippen molar-refractivity contribution in [3.8, 4) is 11.4 Å². The van der Waals surface area contributed by atoms with Crippen LogP contribution in [0.25, 0.3) is 22.3 Å². The summed E-state index contributed by atoms with van der Waals surface area (Å²) < 4.78 is 12.4. The van der Waals surface area contributed by atoms with E-state index in [0.29, 0.717) is 34.7 Å². The maximum absolute atomic E-state index is 13.7. The molecule has 2 N–H and O–H groups in total. The number of nitrogens with zero attached hydrogens (tertiary/aromatic N) is 2. The second-order valence-corrected chi connectivity index (χ2v) is 17.2. The van der Waals surface area contributed by atoms with Crippen LogP contribution in [0, 0.1) is 0 Å². The SMILES string of the molecule is CCC[Si](C)(C)c1c2c(nc3ccc(NC(=O)OC(C)(C)C)cc13)-c1cc3c(c(=O)n1C2)COC(=O)[C@]3(O)CC. The minimum atomic E-state index is -2.06. The first-order valence-corrected chi connectivity index (χ1v) is 17.0. The largest absolute Gasteiger partial charge is 0.458 e. The molecule has 0 unspecified atom stereocenters. The number of esters is 1. The standard InChI is InChI=1S/C30H37N3O6Si/c1-8-12-40(6,7)25-18-13-17(31-28(36)39-29(3,4)5)10-11-22(18)32-24-19(25)15-33-23(24)14-21-20(26(33)34)16-38-27(35)30(21,37)9-2/h10-11,13-14,37H,8-9,12,15-16H2,1-7H3,(H,31,36)/t30-/m0/s1. The van der Waals surface area contributed by atoms with Crippen LogP contribution < -0.4 is 16.1 Å². The molecule has 0 aliphatic carbocycles. The van der Waals surface area contributed by atoms with E-state index in [1.165, 1.54) is 5.19 Å². The Hall–Kier alpha value is -3.50. The van der Waals surface area contributed by atoms with Gasteiger partial charge < -0.3 is 19.1 Å². The first-order chi connectivity index (χ1) is 18.7. The molecule has 2 aliphatic rings. The maximum atomic E-state index is 13.7. The Kier molecular flexibility index (Phi) is 6.70. The fraction of sp³-hybridized carbons (Fsp3) is 0.467. The van der Waals surface area contributed by atoms with E-state index in [-0.39, 0.29) is 18.6 Å². The number of ether oxygens (including phenoxy) is 2. The number of amides is 1. The number of nitrogens with one attached hydrogen (secondary N) is 1. The van der Waals surface area contributed by atoms with Gasteiger partial charge in [-0.05, 0) is 62.2 Å². The third-order valence-electron chi connectivity index (χ3n) is 7.88. The van der Waals surface area contributed by atoms with Gasteiger partial charge in [0, 0.05) is 16.6 Å². The highest BCUT2D eigenvalue weighted by Crippen LogP contribution is 2.39. The van der Waals surface area contributed by atoms with Gasteiger partial charge >= 0.3 is 12.1 Å². The van der Waals surface area contributed by atoms with Gasteiger partial charge in [-0.25, -0.2) is 14.6 Å². The van der Waals surface area contributed by atoms with Crippen LogP contribution in [0.2, 0.25) is 19.1 Å². The summed E-state index contributed by atoms with van der Waals surface area (Å²) in [5.74, 6) is -0.737. The number of aromatic nitrogens is 2. The van der Waals surface area contributed by atoms with Crippen molar-refractivity contribution in [2.75, 3.05) is 5.32 Å². The van der Waals surface area contributed by atoms with Gasteiger partial charge in [-0.2, -0.15) is 0 Å². The minimum Gasteiger partial charge on any atom is -0.458 e. The summed E-state index contributed by atoms with van der Waals surface area (Å²) >= 11 is 0. The van der Waals surface area contributed by atoms with Crippen LogP contribution in [0.1, 0.15) is 64.2 Å². The summed E-state index contributed by atoms with van der Waals surface area (Å²) in [6, 6.07) is 8.40. The summed E-state index contributed by atoms with van der Waals surface area (Å²) in [5.41, 5.74) is 1.49. The topological polar surface area (TPSA) is 120 Å². The monoisotopic (exact) mass is 563 g/mol. The van der Waals surface area contributed by atoms with Gasteiger partial charge in [0.05, 0.1) is 37.1 Å². The quantitative estimate of drug-likeness (QED) is 0.266. The van der Waals surface area contributed by atoms with E-state index in [1.54, 1.807) is 23.6 Å². The Bertz CT molecular complexity index is 1620. The molecule has 2 aliphatic heterocycles. The molecule has 212 valence electrons. The lowest BCUT2D eigenvalue weighted by Gasteiger charge is -2.31. The van der Waals surface area contributed by atoms with Gasteiger partial charge in [-0.3, -0.25) is 10.1 Å². The second kappa shape index (κ2) is 9.55. The highest BCUT2D eigenvalue weighted by atomic mass is 28.3. The highest BCUT2D eigenvalue weighted by molar-refractivity contribution is 6.91. The molecule has 1 amide bonds. The number of hydrogen-bond donors (Lipinski definition) is 2.